The molecule has 0 aliphatic heterocycles. The van der Waals surface area contributed by atoms with E-state index in [0.29, 0.717) is 11.3 Å². The van der Waals surface area contributed by atoms with E-state index in [1.807, 2.05) is 4.72 Å². The minimum absolute atomic E-state index is 0.160. The summed E-state index contributed by atoms with van der Waals surface area (Å²) in [6.07, 6.45) is 0. The number of nitrogens with one attached hydrogen (secondary N) is 2. The van der Waals surface area contributed by atoms with Crippen molar-refractivity contribution < 1.29 is 23.4 Å². The molecule has 1 aromatic rings. The molecule has 0 saturated heterocycles. The SMILES string of the molecule is Cc1[nH]c(=O)sc1S(=O)(=O)NCC(C)(O)C(=O)O. The van der Waals surface area contributed by atoms with Gasteiger partial charge in [-0.3, -0.25) is 4.79 Å². The summed E-state index contributed by atoms with van der Waals surface area (Å²) >= 11 is 0.490. The van der Waals surface area contributed by atoms with Gasteiger partial charge in [0, 0.05) is 5.69 Å². The van der Waals surface area contributed by atoms with Gasteiger partial charge in [0.2, 0.25) is 0 Å². The van der Waals surface area contributed by atoms with Crippen LogP contribution in [-0.2, 0) is 14.8 Å². The van der Waals surface area contributed by atoms with Gasteiger partial charge in [0.25, 0.3) is 10.0 Å². The van der Waals surface area contributed by atoms with Crippen molar-refractivity contribution in [3.63, 3.8) is 0 Å². The van der Waals surface area contributed by atoms with Crippen LogP contribution >= 0.6 is 11.3 Å². The second kappa shape index (κ2) is 4.80. The van der Waals surface area contributed by atoms with Gasteiger partial charge in [0.15, 0.2) is 9.81 Å². The first-order chi connectivity index (χ1) is 8.06. The quantitative estimate of drug-likeness (QED) is 0.542. The molecule has 10 heteroatoms. The van der Waals surface area contributed by atoms with Crippen LogP contribution in [0.5, 0.6) is 0 Å². The third kappa shape index (κ3) is 3.16. The van der Waals surface area contributed by atoms with Crippen LogP contribution in [0, 0.1) is 6.92 Å². The average Bonchev–Trinajstić information content (AvgIpc) is 2.56. The highest BCUT2D eigenvalue weighted by molar-refractivity contribution is 7.91. The lowest BCUT2D eigenvalue weighted by Gasteiger charge is -2.17. The van der Waals surface area contributed by atoms with Crippen molar-refractivity contribution >= 4 is 27.3 Å². The molecular weight excluding hydrogens is 284 g/mol. The predicted octanol–water partition coefficient (Wildman–Crippen LogP) is -1.14. The van der Waals surface area contributed by atoms with E-state index >= 15 is 0 Å². The van der Waals surface area contributed by atoms with Gasteiger partial charge in [-0.2, -0.15) is 0 Å². The van der Waals surface area contributed by atoms with Crippen LogP contribution in [0.15, 0.2) is 9.00 Å². The summed E-state index contributed by atoms with van der Waals surface area (Å²) < 4.78 is 25.3. The number of sulfonamides is 1. The molecule has 1 unspecified atom stereocenters. The van der Waals surface area contributed by atoms with Gasteiger partial charge in [-0.05, 0) is 13.8 Å². The molecule has 1 heterocycles. The van der Waals surface area contributed by atoms with Crippen LogP contribution in [0.3, 0.4) is 0 Å². The molecule has 0 aliphatic rings. The van der Waals surface area contributed by atoms with Crippen LogP contribution in [0.4, 0.5) is 0 Å². The minimum Gasteiger partial charge on any atom is -0.479 e. The summed E-state index contributed by atoms with van der Waals surface area (Å²) in [5, 5.41) is 18.0. The molecule has 1 rings (SSSR count). The Bertz CT molecular complexity index is 612. The standard InChI is InChI=1S/C8H12N2O6S2/c1-4-5(17-7(13)10-4)18(15,16)9-3-8(2,14)6(11)12/h9,14H,3H2,1-2H3,(H,10,13)(H,11,12). The third-order valence-corrected chi connectivity index (χ3v) is 5.10. The number of rotatable bonds is 5. The number of aliphatic carboxylic acids is 1. The van der Waals surface area contributed by atoms with Crippen molar-refractivity contribution in [2.24, 2.45) is 0 Å². The van der Waals surface area contributed by atoms with E-state index in [1.165, 1.54) is 6.92 Å². The van der Waals surface area contributed by atoms with Crippen molar-refractivity contribution in [2.45, 2.75) is 23.7 Å². The van der Waals surface area contributed by atoms with Gasteiger partial charge in [-0.25, -0.2) is 17.9 Å². The molecule has 0 fully saturated rings. The molecule has 18 heavy (non-hydrogen) atoms. The lowest BCUT2D eigenvalue weighted by molar-refractivity contribution is -0.155. The smallest absolute Gasteiger partial charge is 0.336 e. The Morgan fingerprint density at radius 3 is 2.50 bits per heavy atom. The van der Waals surface area contributed by atoms with Crippen molar-refractivity contribution in [1.29, 1.82) is 0 Å². The zero-order valence-electron chi connectivity index (χ0n) is 9.55. The number of aromatic amines is 1. The number of carbonyl (C=O) groups is 1. The van der Waals surface area contributed by atoms with E-state index in [9.17, 15) is 23.1 Å². The highest BCUT2D eigenvalue weighted by Gasteiger charge is 2.32. The predicted molar refractivity (Wildman–Crippen MR) is 63.1 cm³/mol. The Balaban J connectivity index is 2.94. The first-order valence-corrected chi connectivity index (χ1v) is 7.01. The second-order valence-corrected chi connectivity index (χ2v) is 6.78. The van der Waals surface area contributed by atoms with Crippen molar-refractivity contribution in [2.75, 3.05) is 6.54 Å². The Morgan fingerprint density at radius 1 is 1.56 bits per heavy atom. The van der Waals surface area contributed by atoms with Crippen LogP contribution in [0.25, 0.3) is 0 Å². The van der Waals surface area contributed by atoms with E-state index in [2.05, 4.69) is 4.98 Å². The maximum atomic E-state index is 11.8. The molecule has 0 spiro atoms. The number of carboxylic acid groups (broad SMARTS) is 1. The topological polar surface area (TPSA) is 137 Å². The molecule has 0 radical (unpaired) electrons. The number of thiazole rings is 1. The molecule has 4 N–H and O–H groups in total. The first-order valence-electron chi connectivity index (χ1n) is 4.71. The summed E-state index contributed by atoms with van der Waals surface area (Å²) in [5.74, 6) is -1.55. The Labute approximate surface area is 106 Å². The maximum Gasteiger partial charge on any atom is 0.336 e. The van der Waals surface area contributed by atoms with Crippen LogP contribution in [0.1, 0.15) is 12.6 Å². The normalized spacial score (nSPS) is 15.3. The van der Waals surface area contributed by atoms with E-state index in [4.69, 9.17) is 5.11 Å². The summed E-state index contributed by atoms with van der Waals surface area (Å²) in [7, 11) is -4.02. The zero-order chi connectivity index (χ0) is 14.1. The molecule has 1 aromatic heterocycles. The van der Waals surface area contributed by atoms with Gasteiger partial charge >= 0.3 is 10.8 Å². The summed E-state index contributed by atoms with van der Waals surface area (Å²) in [5.41, 5.74) is -2.06. The van der Waals surface area contributed by atoms with Gasteiger partial charge in [0.1, 0.15) is 0 Å². The number of hydrogen-bond donors (Lipinski definition) is 4. The fraction of sp³-hybridized carbons (Fsp3) is 0.500. The molecule has 0 amide bonds. The van der Waals surface area contributed by atoms with Crippen LogP contribution < -0.4 is 9.60 Å². The van der Waals surface area contributed by atoms with Gasteiger partial charge in [-0.1, -0.05) is 11.3 Å². The minimum atomic E-state index is -4.02. The lowest BCUT2D eigenvalue weighted by Crippen LogP contribution is -2.46. The van der Waals surface area contributed by atoms with Crippen LogP contribution in [-0.4, -0.2) is 41.7 Å². The molecule has 0 aromatic carbocycles. The first kappa shape index (κ1) is 14.8. The van der Waals surface area contributed by atoms with E-state index < -0.39 is 33.0 Å². The highest BCUT2D eigenvalue weighted by Crippen LogP contribution is 2.16. The summed E-state index contributed by atoms with van der Waals surface area (Å²) in [6.45, 7) is 1.67. The Hall–Kier alpha value is -1.23. The number of aliphatic hydroxyl groups is 1. The summed E-state index contributed by atoms with van der Waals surface area (Å²) in [4.78, 5) is 23.4. The molecule has 0 aliphatic carbocycles. The molecule has 8 nitrogen and oxygen atoms in total. The maximum absolute atomic E-state index is 11.8. The number of aromatic nitrogens is 1. The molecular formula is C8H12N2O6S2. The van der Waals surface area contributed by atoms with Crippen molar-refractivity contribution in [3.8, 4) is 0 Å². The number of H-pyrrole nitrogens is 1. The van der Waals surface area contributed by atoms with Gasteiger partial charge < -0.3 is 15.2 Å². The fourth-order valence-corrected chi connectivity index (χ4v) is 3.50. The van der Waals surface area contributed by atoms with Crippen molar-refractivity contribution in [3.05, 3.63) is 15.4 Å². The number of aryl methyl sites for hydroxylation is 1. The second-order valence-electron chi connectivity index (χ2n) is 3.83. The Morgan fingerprint density at radius 2 is 2.11 bits per heavy atom. The van der Waals surface area contributed by atoms with Crippen molar-refractivity contribution in [1.82, 2.24) is 9.71 Å². The van der Waals surface area contributed by atoms with E-state index in [0.717, 1.165) is 6.92 Å². The zero-order valence-corrected chi connectivity index (χ0v) is 11.2. The third-order valence-electron chi connectivity index (χ3n) is 2.09. The molecule has 102 valence electrons. The molecule has 0 bridgehead atoms. The van der Waals surface area contributed by atoms with E-state index in [1.54, 1.807) is 0 Å². The Kier molecular flexibility index (Phi) is 3.96. The highest BCUT2D eigenvalue weighted by atomic mass is 32.2. The largest absolute Gasteiger partial charge is 0.479 e. The number of hydrogen-bond acceptors (Lipinski definition) is 6. The van der Waals surface area contributed by atoms with Gasteiger partial charge in [0.05, 0.1) is 6.54 Å². The molecule has 1 atom stereocenters. The summed E-state index contributed by atoms with van der Waals surface area (Å²) in [6, 6.07) is 0. The molecule has 0 saturated carbocycles. The fourth-order valence-electron chi connectivity index (χ4n) is 1.02. The monoisotopic (exact) mass is 296 g/mol. The average molecular weight is 296 g/mol. The lowest BCUT2D eigenvalue weighted by atomic mass is 10.1. The van der Waals surface area contributed by atoms with Gasteiger partial charge in [-0.15, -0.1) is 0 Å². The van der Waals surface area contributed by atoms with Crippen LogP contribution in [0.2, 0.25) is 0 Å². The van der Waals surface area contributed by atoms with E-state index in [-0.39, 0.29) is 9.90 Å². The number of carboxylic acids is 1.